The van der Waals surface area contributed by atoms with Crippen LogP contribution in [0.25, 0.3) is 0 Å². The highest BCUT2D eigenvalue weighted by Gasteiger charge is 2.12. The summed E-state index contributed by atoms with van der Waals surface area (Å²) < 4.78 is 0. The van der Waals surface area contributed by atoms with Gasteiger partial charge in [-0.2, -0.15) is 11.8 Å². The van der Waals surface area contributed by atoms with Crippen molar-refractivity contribution >= 4 is 29.3 Å². The van der Waals surface area contributed by atoms with Gasteiger partial charge < -0.3 is 5.11 Å². The molecule has 1 atom stereocenters. The third-order valence-corrected chi connectivity index (χ3v) is 3.27. The van der Waals surface area contributed by atoms with Crippen LogP contribution in [0.4, 0.5) is 0 Å². The maximum absolute atomic E-state index is 10.4. The van der Waals surface area contributed by atoms with Crippen LogP contribution < -0.4 is 0 Å². The summed E-state index contributed by atoms with van der Waals surface area (Å²) >= 11 is 7.09. The maximum atomic E-state index is 10.4. The van der Waals surface area contributed by atoms with E-state index in [4.69, 9.17) is 16.7 Å². The molecule has 1 rings (SSSR count). The van der Waals surface area contributed by atoms with Gasteiger partial charge in [0.05, 0.1) is 0 Å². The van der Waals surface area contributed by atoms with E-state index >= 15 is 0 Å². The van der Waals surface area contributed by atoms with Gasteiger partial charge in [0.2, 0.25) is 0 Å². The van der Waals surface area contributed by atoms with Crippen LogP contribution in [0.2, 0.25) is 0 Å². The van der Waals surface area contributed by atoms with Gasteiger partial charge in [0.1, 0.15) is 5.38 Å². The number of hydrogen-bond acceptors (Lipinski definition) is 2. The molecule has 4 heteroatoms. The lowest BCUT2D eigenvalue weighted by molar-refractivity contribution is -0.136. The normalized spacial score (nSPS) is 12.4. The molecule has 2 nitrogen and oxygen atoms in total. The molecule has 0 aliphatic carbocycles. The minimum Gasteiger partial charge on any atom is -0.480 e. The van der Waals surface area contributed by atoms with E-state index in [-0.39, 0.29) is 0 Å². The Kier molecular flexibility index (Phi) is 4.84. The SMILES string of the molecule is O=C(O)C(Cl)CSCc1ccccc1. The molecule has 0 bridgehead atoms. The summed E-state index contributed by atoms with van der Waals surface area (Å²) in [6, 6.07) is 9.90. The highest BCUT2D eigenvalue weighted by Crippen LogP contribution is 2.14. The van der Waals surface area contributed by atoms with E-state index < -0.39 is 11.3 Å². The van der Waals surface area contributed by atoms with Crippen LogP contribution in [0, 0.1) is 0 Å². The predicted molar refractivity (Wildman–Crippen MR) is 59.9 cm³/mol. The van der Waals surface area contributed by atoms with Crippen molar-refractivity contribution in [3.63, 3.8) is 0 Å². The van der Waals surface area contributed by atoms with E-state index in [0.29, 0.717) is 5.75 Å². The smallest absolute Gasteiger partial charge is 0.322 e. The van der Waals surface area contributed by atoms with Crippen LogP contribution in [-0.2, 0) is 10.5 Å². The second kappa shape index (κ2) is 5.94. The minimum absolute atomic E-state index is 0.436. The predicted octanol–water partition coefficient (Wildman–Crippen LogP) is 2.61. The molecule has 1 unspecified atom stereocenters. The van der Waals surface area contributed by atoms with E-state index in [1.54, 1.807) is 0 Å². The average Bonchev–Trinajstić information content (AvgIpc) is 2.19. The average molecular weight is 231 g/mol. The Morgan fingerprint density at radius 1 is 1.43 bits per heavy atom. The van der Waals surface area contributed by atoms with Crippen LogP contribution in [0.1, 0.15) is 5.56 Å². The molecule has 14 heavy (non-hydrogen) atoms. The molecule has 1 N–H and O–H groups in total. The lowest BCUT2D eigenvalue weighted by Crippen LogP contribution is -2.15. The van der Waals surface area contributed by atoms with Crippen LogP contribution in [-0.4, -0.2) is 22.2 Å². The number of rotatable bonds is 5. The first kappa shape index (κ1) is 11.4. The fourth-order valence-corrected chi connectivity index (χ4v) is 2.09. The molecule has 1 aromatic carbocycles. The number of carbonyl (C=O) groups is 1. The third kappa shape index (κ3) is 4.03. The van der Waals surface area contributed by atoms with Crippen LogP contribution in [0.5, 0.6) is 0 Å². The lowest BCUT2D eigenvalue weighted by Gasteiger charge is -2.03. The number of alkyl halides is 1. The Balaban J connectivity index is 2.26. The number of carboxylic acid groups (broad SMARTS) is 1. The molecule has 0 saturated heterocycles. The van der Waals surface area contributed by atoms with Crippen molar-refractivity contribution < 1.29 is 9.90 Å². The lowest BCUT2D eigenvalue weighted by atomic mass is 10.2. The molecule has 0 heterocycles. The molecule has 0 aliphatic rings. The van der Waals surface area contributed by atoms with Crippen molar-refractivity contribution in [3.8, 4) is 0 Å². The number of aliphatic carboxylic acids is 1. The molecular formula is C10H11ClO2S. The summed E-state index contributed by atoms with van der Waals surface area (Å²) in [6.45, 7) is 0. The molecule has 0 aliphatic heterocycles. The largest absolute Gasteiger partial charge is 0.480 e. The van der Waals surface area contributed by atoms with Crippen molar-refractivity contribution in [1.82, 2.24) is 0 Å². The molecule has 0 spiro atoms. The molecule has 76 valence electrons. The quantitative estimate of drug-likeness (QED) is 0.791. The molecular weight excluding hydrogens is 220 g/mol. The highest BCUT2D eigenvalue weighted by molar-refractivity contribution is 7.98. The van der Waals surface area contributed by atoms with Gasteiger partial charge in [0.25, 0.3) is 0 Å². The summed E-state index contributed by atoms with van der Waals surface area (Å²) in [5, 5.41) is 7.75. The van der Waals surface area contributed by atoms with Gasteiger partial charge in [-0.05, 0) is 5.56 Å². The van der Waals surface area contributed by atoms with Gasteiger partial charge >= 0.3 is 5.97 Å². The number of thioether (sulfide) groups is 1. The van der Waals surface area contributed by atoms with Crippen LogP contribution in [0.3, 0.4) is 0 Å². The minimum atomic E-state index is -0.952. The Hall–Kier alpha value is -0.670. The van der Waals surface area contributed by atoms with Gasteiger partial charge in [0, 0.05) is 11.5 Å². The molecule has 0 fully saturated rings. The van der Waals surface area contributed by atoms with Crippen molar-refractivity contribution in [3.05, 3.63) is 35.9 Å². The highest BCUT2D eigenvalue weighted by atomic mass is 35.5. The van der Waals surface area contributed by atoms with E-state index in [1.165, 1.54) is 17.3 Å². The first-order valence-corrected chi connectivity index (χ1v) is 5.78. The second-order valence-electron chi connectivity index (χ2n) is 2.81. The zero-order chi connectivity index (χ0) is 10.4. The first-order chi connectivity index (χ1) is 6.70. The van der Waals surface area contributed by atoms with Crippen molar-refractivity contribution in [1.29, 1.82) is 0 Å². The van der Waals surface area contributed by atoms with Crippen molar-refractivity contribution in [2.24, 2.45) is 0 Å². The topological polar surface area (TPSA) is 37.3 Å². The summed E-state index contributed by atoms with van der Waals surface area (Å²) in [6.07, 6.45) is 0. The third-order valence-electron chi connectivity index (χ3n) is 1.64. The fourth-order valence-electron chi connectivity index (χ4n) is 0.926. The zero-order valence-electron chi connectivity index (χ0n) is 7.52. The zero-order valence-corrected chi connectivity index (χ0v) is 9.09. The van der Waals surface area contributed by atoms with E-state index in [2.05, 4.69) is 0 Å². The fraction of sp³-hybridized carbons (Fsp3) is 0.300. The molecule has 0 aromatic heterocycles. The molecule has 1 aromatic rings. The van der Waals surface area contributed by atoms with E-state index in [1.807, 2.05) is 30.3 Å². The van der Waals surface area contributed by atoms with Gasteiger partial charge in [0.15, 0.2) is 0 Å². The van der Waals surface area contributed by atoms with E-state index in [9.17, 15) is 4.79 Å². The van der Waals surface area contributed by atoms with E-state index in [0.717, 1.165) is 5.75 Å². The van der Waals surface area contributed by atoms with Gasteiger partial charge in [-0.1, -0.05) is 30.3 Å². The number of hydrogen-bond donors (Lipinski definition) is 1. The Morgan fingerprint density at radius 2 is 2.07 bits per heavy atom. The number of halogens is 1. The first-order valence-electron chi connectivity index (χ1n) is 4.18. The Morgan fingerprint density at radius 3 is 2.64 bits per heavy atom. The monoisotopic (exact) mass is 230 g/mol. The summed E-state index contributed by atoms with van der Waals surface area (Å²) in [5.41, 5.74) is 1.19. The molecule has 0 amide bonds. The molecule has 0 saturated carbocycles. The maximum Gasteiger partial charge on any atom is 0.322 e. The Bertz CT molecular complexity index is 289. The van der Waals surface area contributed by atoms with Crippen molar-refractivity contribution in [2.45, 2.75) is 11.1 Å². The Labute approximate surface area is 92.3 Å². The van der Waals surface area contributed by atoms with Crippen molar-refractivity contribution in [2.75, 3.05) is 5.75 Å². The van der Waals surface area contributed by atoms with Gasteiger partial charge in [-0.25, -0.2) is 0 Å². The van der Waals surface area contributed by atoms with Crippen LogP contribution in [0.15, 0.2) is 30.3 Å². The van der Waals surface area contributed by atoms with Gasteiger partial charge in [-0.15, -0.1) is 11.6 Å². The number of carboxylic acids is 1. The standard InChI is InChI=1S/C10H11ClO2S/c11-9(10(12)13)7-14-6-8-4-2-1-3-5-8/h1-5,9H,6-7H2,(H,12,13). The number of benzene rings is 1. The summed E-state index contributed by atoms with van der Waals surface area (Å²) in [4.78, 5) is 10.4. The summed E-state index contributed by atoms with van der Waals surface area (Å²) in [7, 11) is 0. The summed E-state index contributed by atoms with van der Waals surface area (Å²) in [5.74, 6) is 0.288. The van der Waals surface area contributed by atoms with Crippen LogP contribution >= 0.6 is 23.4 Å². The van der Waals surface area contributed by atoms with Gasteiger partial charge in [-0.3, -0.25) is 4.79 Å². The second-order valence-corrected chi connectivity index (χ2v) is 4.36. The molecule has 0 radical (unpaired) electrons.